The molecule has 0 fully saturated rings. The first-order valence-corrected chi connectivity index (χ1v) is 9.95. The van der Waals surface area contributed by atoms with Crippen molar-refractivity contribution in [3.05, 3.63) is 50.7 Å². The summed E-state index contributed by atoms with van der Waals surface area (Å²) in [6.45, 7) is 6.34. The first-order chi connectivity index (χ1) is 12.8. The first-order valence-electron chi connectivity index (χ1n) is 8.97. The van der Waals surface area contributed by atoms with Crippen LogP contribution < -0.4 is 11.2 Å². The van der Waals surface area contributed by atoms with Gasteiger partial charge in [0.2, 0.25) is 0 Å². The van der Waals surface area contributed by atoms with E-state index in [0.717, 1.165) is 27.9 Å². The topological polar surface area (TPSA) is 69.8 Å². The van der Waals surface area contributed by atoms with E-state index in [1.54, 1.807) is 18.8 Å². The Kier molecular flexibility index (Phi) is 5.51. The molecular weight excluding hydrogens is 360 g/mol. The van der Waals surface area contributed by atoms with Gasteiger partial charge in [-0.05, 0) is 31.1 Å². The Morgan fingerprint density at radius 2 is 1.85 bits per heavy atom. The number of hydrogen-bond acceptors (Lipinski definition) is 5. The van der Waals surface area contributed by atoms with Crippen LogP contribution in [0.1, 0.15) is 25.8 Å². The number of aromatic nitrogens is 4. The van der Waals surface area contributed by atoms with E-state index in [9.17, 15) is 9.59 Å². The predicted octanol–water partition coefficient (Wildman–Crippen LogP) is 3.14. The fourth-order valence-corrected chi connectivity index (χ4v) is 4.09. The molecule has 27 heavy (non-hydrogen) atoms. The van der Waals surface area contributed by atoms with Crippen molar-refractivity contribution in [2.24, 2.45) is 20.0 Å². The monoisotopic (exact) mass is 384 g/mol. The SMILES string of the molecule is Cc1cccc(-c2nc(SCCC(C)C)c3c(=O)n(C)c(=O)n(C)c3n2)c1. The fourth-order valence-electron chi connectivity index (χ4n) is 2.84. The van der Waals surface area contributed by atoms with Crippen molar-refractivity contribution in [1.82, 2.24) is 19.1 Å². The minimum atomic E-state index is -0.389. The van der Waals surface area contributed by atoms with Crippen LogP contribution in [0.15, 0.2) is 38.9 Å². The summed E-state index contributed by atoms with van der Waals surface area (Å²) in [5, 5.41) is 1.04. The minimum absolute atomic E-state index is 0.351. The second kappa shape index (κ2) is 7.68. The Morgan fingerprint density at radius 1 is 1.11 bits per heavy atom. The van der Waals surface area contributed by atoms with E-state index in [2.05, 4.69) is 18.8 Å². The smallest absolute Gasteiger partial charge is 0.280 e. The molecule has 1 aromatic carbocycles. The van der Waals surface area contributed by atoms with Crippen LogP contribution in [-0.4, -0.2) is 24.9 Å². The minimum Gasteiger partial charge on any atom is -0.280 e. The van der Waals surface area contributed by atoms with Crippen LogP contribution >= 0.6 is 11.8 Å². The maximum absolute atomic E-state index is 12.8. The number of aryl methyl sites for hydroxylation is 2. The number of hydrogen-bond donors (Lipinski definition) is 0. The molecule has 142 valence electrons. The fraction of sp³-hybridized carbons (Fsp3) is 0.400. The number of rotatable bonds is 5. The van der Waals surface area contributed by atoms with Gasteiger partial charge in [0, 0.05) is 19.7 Å². The lowest BCUT2D eigenvalue weighted by atomic mass is 10.1. The van der Waals surface area contributed by atoms with Crippen LogP contribution in [0.3, 0.4) is 0 Å². The molecule has 2 heterocycles. The van der Waals surface area contributed by atoms with Gasteiger partial charge in [-0.15, -0.1) is 11.8 Å². The summed E-state index contributed by atoms with van der Waals surface area (Å²) in [6, 6.07) is 7.90. The van der Waals surface area contributed by atoms with Gasteiger partial charge in [0.05, 0.1) is 0 Å². The molecule has 0 bridgehead atoms. The van der Waals surface area contributed by atoms with Gasteiger partial charge in [-0.25, -0.2) is 14.8 Å². The van der Waals surface area contributed by atoms with Crippen LogP contribution in [0.5, 0.6) is 0 Å². The van der Waals surface area contributed by atoms with Crippen molar-refractivity contribution >= 4 is 22.8 Å². The Morgan fingerprint density at radius 3 is 2.52 bits per heavy atom. The number of fused-ring (bicyclic) bond motifs is 1. The summed E-state index contributed by atoms with van der Waals surface area (Å²) in [5.41, 5.74) is 1.61. The van der Waals surface area contributed by atoms with E-state index >= 15 is 0 Å². The first kappa shape index (κ1) is 19.4. The van der Waals surface area contributed by atoms with Gasteiger partial charge in [0.25, 0.3) is 5.56 Å². The van der Waals surface area contributed by atoms with Crippen LogP contribution in [0.25, 0.3) is 22.4 Å². The third-order valence-electron chi connectivity index (χ3n) is 4.48. The molecule has 2 aromatic heterocycles. The van der Waals surface area contributed by atoms with Crippen LogP contribution in [0.2, 0.25) is 0 Å². The Hall–Kier alpha value is -2.41. The standard InChI is InChI=1S/C20H24N4O2S/c1-12(2)9-10-27-18-15-17(23(4)20(26)24(5)19(15)25)21-16(22-18)14-8-6-7-13(3)11-14/h6-8,11-12H,9-10H2,1-5H3. The van der Waals surface area contributed by atoms with Gasteiger partial charge < -0.3 is 0 Å². The summed E-state index contributed by atoms with van der Waals surface area (Å²) in [5.74, 6) is 1.94. The maximum atomic E-state index is 12.8. The molecule has 7 heteroatoms. The van der Waals surface area contributed by atoms with E-state index in [-0.39, 0.29) is 11.2 Å². The lowest BCUT2D eigenvalue weighted by Gasteiger charge is -2.12. The summed E-state index contributed by atoms with van der Waals surface area (Å²) < 4.78 is 2.54. The lowest BCUT2D eigenvalue weighted by Crippen LogP contribution is -2.37. The Labute approximate surface area is 162 Å². The molecule has 0 N–H and O–H groups in total. The zero-order valence-electron chi connectivity index (χ0n) is 16.3. The molecule has 0 saturated heterocycles. The van der Waals surface area contributed by atoms with Crippen LogP contribution in [-0.2, 0) is 14.1 Å². The quantitative estimate of drug-likeness (QED) is 0.499. The summed E-state index contributed by atoms with van der Waals surface area (Å²) in [6.07, 6.45) is 1.02. The molecule has 0 aliphatic carbocycles. The molecule has 0 aliphatic rings. The molecule has 0 spiro atoms. The second-order valence-electron chi connectivity index (χ2n) is 7.16. The van der Waals surface area contributed by atoms with E-state index in [1.807, 2.05) is 31.2 Å². The summed E-state index contributed by atoms with van der Waals surface area (Å²) >= 11 is 1.55. The van der Waals surface area contributed by atoms with Crippen molar-refractivity contribution in [2.75, 3.05) is 5.75 Å². The van der Waals surface area contributed by atoms with Crippen LogP contribution in [0, 0.1) is 12.8 Å². The molecule has 0 radical (unpaired) electrons. The van der Waals surface area contributed by atoms with Crippen molar-refractivity contribution in [1.29, 1.82) is 0 Å². The normalized spacial score (nSPS) is 11.5. The average molecular weight is 385 g/mol. The molecule has 6 nitrogen and oxygen atoms in total. The molecule has 0 unspecified atom stereocenters. The highest BCUT2D eigenvalue weighted by atomic mass is 32.2. The van der Waals surface area contributed by atoms with E-state index in [4.69, 9.17) is 4.98 Å². The third-order valence-corrected chi connectivity index (χ3v) is 5.49. The van der Waals surface area contributed by atoms with Crippen LogP contribution in [0.4, 0.5) is 0 Å². The number of thioether (sulfide) groups is 1. The van der Waals surface area contributed by atoms with Crippen molar-refractivity contribution < 1.29 is 0 Å². The highest BCUT2D eigenvalue weighted by Gasteiger charge is 2.18. The van der Waals surface area contributed by atoms with E-state index in [0.29, 0.717) is 27.8 Å². The van der Waals surface area contributed by atoms with Gasteiger partial charge in [0.15, 0.2) is 11.5 Å². The molecule has 0 aliphatic heterocycles. The highest BCUT2D eigenvalue weighted by molar-refractivity contribution is 7.99. The van der Waals surface area contributed by atoms with Crippen molar-refractivity contribution in [3.63, 3.8) is 0 Å². The Balaban J connectivity index is 2.28. The maximum Gasteiger partial charge on any atom is 0.332 e. The van der Waals surface area contributed by atoms with Gasteiger partial charge in [0.1, 0.15) is 10.4 Å². The predicted molar refractivity (Wildman–Crippen MR) is 110 cm³/mol. The Bertz CT molecular complexity index is 1120. The second-order valence-corrected chi connectivity index (χ2v) is 8.24. The molecular formula is C20H24N4O2S. The summed E-state index contributed by atoms with van der Waals surface area (Å²) in [4.78, 5) is 34.4. The zero-order valence-corrected chi connectivity index (χ0v) is 17.1. The van der Waals surface area contributed by atoms with E-state index < -0.39 is 0 Å². The summed E-state index contributed by atoms with van der Waals surface area (Å²) in [7, 11) is 3.13. The molecule has 3 aromatic rings. The third kappa shape index (κ3) is 3.83. The number of benzene rings is 1. The van der Waals surface area contributed by atoms with Gasteiger partial charge >= 0.3 is 5.69 Å². The molecule has 0 amide bonds. The zero-order chi connectivity index (χ0) is 19.7. The van der Waals surface area contributed by atoms with Gasteiger partial charge in [-0.1, -0.05) is 37.6 Å². The molecule has 0 atom stereocenters. The average Bonchev–Trinajstić information content (AvgIpc) is 2.63. The van der Waals surface area contributed by atoms with Gasteiger partial charge in [-0.2, -0.15) is 0 Å². The van der Waals surface area contributed by atoms with Crippen molar-refractivity contribution in [3.8, 4) is 11.4 Å². The highest BCUT2D eigenvalue weighted by Crippen LogP contribution is 2.27. The lowest BCUT2D eigenvalue weighted by molar-refractivity contribution is 0.632. The molecule has 0 saturated carbocycles. The van der Waals surface area contributed by atoms with Gasteiger partial charge in [-0.3, -0.25) is 13.9 Å². The molecule has 3 rings (SSSR count). The van der Waals surface area contributed by atoms with E-state index in [1.165, 1.54) is 11.6 Å². The largest absolute Gasteiger partial charge is 0.332 e. The number of nitrogens with zero attached hydrogens (tertiary/aromatic N) is 4. The van der Waals surface area contributed by atoms with Crippen molar-refractivity contribution in [2.45, 2.75) is 32.2 Å².